The van der Waals surface area contributed by atoms with Gasteiger partial charge in [0.25, 0.3) is 0 Å². The van der Waals surface area contributed by atoms with E-state index in [4.69, 9.17) is 9.97 Å². The maximum absolute atomic E-state index is 5.45. The summed E-state index contributed by atoms with van der Waals surface area (Å²) in [4.78, 5) is 10.9. The summed E-state index contributed by atoms with van der Waals surface area (Å²) in [5.74, 6) is 0.688. The smallest absolute Gasteiger partial charge is 0.235 e. The molecule has 12 rings (SSSR count). The minimum Gasteiger partial charge on any atom is -0.307 e. The van der Waals surface area contributed by atoms with Crippen molar-refractivity contribution in [2.45, 2.75) is 0 Å². The van der Waals surface area contributed by atoms with Crippen LogP contribution in [0.4, 0.5) is 0 Å². The van der Waals surface area contributed by atoms with Crippen LogP contribution in [-0.2, 0) is 0 Å². The third-order valence-electron chi connectivity index (χ3n) is 10.4. The van der Waals surface area contributed by atoms with Crippen molar-refractivity contribution in [3.8, 4) is 17.2 Å². The molecule has 0 aliphatic carbocycles. The van der Waals surface area contributed by atoms with Gasteiger partial charge in [0.1, 0.15) is 0 Å². The maximum Gasteiger partial charge on any atom is 0.235 e. The van der Waals surface area contributed by atoms with E-state index in [2.05, 4.69) is 155 Å². The van der Waals surface area contributed by atoms with E-state index in [1.165, 1.54) is 64.3 Å². The molecule has 0 fully saturated rings. The summed E-state index contributed by atoms with van der Waals surface area (Å²) in [5.41, 5.74) is 9.03. The highest BCUT2D eigenvalue weighted by molar-refractivity contribution is 7.26. The number of fused-ring (bicyclic) bond motifs is 15. The molecule has 0 saturated carbocycles. The predicted octanol–water partition coefficient (Wildman–Crippen LogP) is 11.9. The van der Waals surface area contributed by atoms with Gasteiger partial charge in [0.15, 0.2) is 0 Å². The van der Waals surface area contributed by atoms with Crippen molar-refractivity contribution in [3.05, 3.63) is 146 Å². The average Bonchev–Trinajstić information content (AvgIpc) is 3.90. The van der Waals surface area contributed by atoms with Crippen LogP contribution in [0.5, 0.6) is 0 Å². The number of para-hydroxylation sites is 2. The first-order chi connectivity index (χ1) is 24.3. The first-order valence-corrected chi connectivity index (χ1v) is 17.4. The summed E-state index contributed by atoms with van der Waals surface area (Å²) in [6, 6.07) is 52.5. The van der Waals surface area contributed by atoms with E-state index in [0.717, 1.165) is 37.9 Å². The molecule has 5 heterocycles. The molecule has 5 heteroatoms. The molecule has 5 aromatic heterocycles. The van der Waals surface area contributed by atoms with Gasteiger partial charge in [0.2, 0.25) is 5.95 Å². The summed E-state index contributed by atoms with van der Waals surface area (Å²) in [6.07, 6.45) is 0. The monoisotopic (exact) mass is 640 g/mol. The molecule has 0 saturated heterocycles. The van der Waals surface area contributed by atoms with Crippen LogP contribution in [0, 0.1) is 0 Å². The van der Waals surface area contributed by atoms with E-state index in [0.29, 0.717) is 5.95 Å². The van der Waals surface area contributed by atoms with Crippen LogP contribution < -0.4 is 0 Å². The highest BCUT2D eigenvalue weighted by Crippen LogP contribution is 2.48. The fourth-order valence-corrected chi connectivity index (χ4v) is 9.60. The lowest BCUT2D eigenvalue weighted by Crippen LogP contribution is -2.02. The number of hydrogen-bond donors (Lipinski definition) is 0. The first-order valence-electron chi connectivity index (χ1n) is 16.6. The zero-order chi connectivity index (χ0) is 31.8. The number of thiophene rings is 1. The summed E-state index contributed by atoms with van der Waals surface area (Å²) in [7, 11) is 0. The highest BCUT2D eigenvalue weighted by Gasteiger charge is 2.26. The van der Waals surface area contributed by atoms with E-state index in [9.17, 15) is 0 Å². The summed E-state index contributed by atoms with van der Waals surface area (Å²) in [6.45, 7) is 0. The van der Waals surface area contributed by atoms with Crippen molar-refractivity contribution < 1.29 is 0 Å². The summed E-state index contributed by atoms with van der Waals surface area (Å²) in [5, 5.41) is 11.2. The molecule has 0 aliphatic heterocycles. The summed E-state index contributed by atoms with van der Waals surface area (Å²) < 4.78 is 7.15. The Bertz CT molecular complexity index is 3330. The second-order valence-electron chi connectivity index (χ2n) is 12.9. The van der Waals surface area contributed by atoms with E-state index in [-0.39, 0.29) is 0 Å². The van der Waals surface area contributed by atoms with Crippen LogP contribution in [-0.4, -0.2) is 18.9 Å². The predicted molar refractivity (Wildman–Crippen MR) is 207 cm³/mol. The second kappa shape index (κ2) is 9.19. The number of aromatic nitrogens is 4. The maximum atomic E-state index is 5.45. The largest absolute Gasteiger partial charge is 0.307 e. The number of rotatable bonds is 2. The van der Waals surface area contributed by atoms with Crippen LogP contribution in [0.2, 0.25) is 0 Å². The third kappa shape index (κ3) is 3.23. The number of hydrogen-bond acceptors (Lipinski definition) is 3. The molecule has 12 aromatic rings. The van der Waals surface area contributed by atoms with Crippen LogP contribution in [0.25, 0.3) is 108 Å². The standard InChI is InChI=1S/C44H24N4S/c1-2-13-26(14-3-1)39-43-40(31-18-8-11-21-36(31)49-43)46-44(45-39)47-33-19-9-6-16-29(33)37-35(47)24-32-28-23-22-25-12-4-5-15-27(25)41(28)48-34-20-10-7-17-30(34)38(37)42(32)48/h1-24H. The van der Waals surface area contributed by atoms with E-state index >= 15 is 0 Å². The fraction of sp³-hybridized carbons (Fsp3) is 0. The molecule has 0 N–H and O–H groups in total. The minimum absolute atomic E-state index is 0.688. The normalized spacial score (nSPS) is 12.5. The zero-order valence-electron chi connectivity index (χ0n) is 26.1. The molecule has 7 aromatic carbocycles. The van der Waals surface area contributed by atoms with Gasteiger partial charge in [0.05, 0.1) is 43.5 Å². The van der Waals surface area contributed by atoms with Gasteiger partial charge < -0.3 is 4.40 Å². The van der Waals surface area contributed by atoms with Gasteiger partial charge in [-0.15, -0.1) is 11.3 Å². The van der Waals surface area contributed by atoms with Gasteiger partial charge >= 0.3 is 0 Å². The molecular weight excluding hydrogens is 617 g/mol. The fourth-order valence-electron chi connectivity index (χ4n) is 8.45. The minimum atomic E-state index is 0.688. The topological polar surface area (TPSA) is 35.1 Å². The van der Waals surface area contributed by atoms with Crippen molar-refractivity contribution in [2.24, 2.45) is 0 Å². The van der Waals surface area contributed by atoms with Crippen molar-refractivity contribution >= 4 is 102 Å². The van der Waals surface area contributed by atoms with Crippen molar-refractivity contribution in [3.63, 3.8) is 0 Å². The Labute approximate surface area is 283 Å². The van der Waals surface area contributed by atoms with E-state index in [1.807, 2.05) is 0 Å². The molecule has 0 atom stereocenters. The molecule has 0 bridgehead atoms. The molecule has 0 radical (unpaired) electrons. The lowest BCUT2D eigenvalue weighted by molar-refractivity contribution is 1.02. The van der Waals surface area contributed by atoms with Crippen molar-refractivity contribution in [1.29, 1.82) is 0 Å². The van der Waals surface area contributed by atoms with Crippen LogP contribution >= 0.6 is 11.3 Å². The van der Waals surface area contributed by atoms with Gasteiger partial charge in [-0.05, 0) is 29.7 Å². The summed E-state index contributed by atoms with van der Waals surface area (Å²) >= 11 is 1.77. The molecular formula is C44H24N4S. The average molecular weight is 641 g/mol. The Balaban J connectivity index is 1.32. The van der Waals surface area contributed by atoms with Gasteiger partial charge in [0, 0.05) is 53.4 Å². The highest BCUT2D eigenvalue weighted by atomic mass is 32.1. The Morgan fingerprint density at radius 2 is 1.16 bits per heavy atom. The van der Waals surface area contributed by atoms with Crippen LogP contribution in [0.1, 0.15) is 0 Å². The lowest BCUT2D eigenvalue weighted by Gasteiger charge is -2.10. The van der Waals surface area contributed by atoms with Gasteiger partial charge in [-0.2, -0.15) is 0 Å². The second-order valence-corrected chi connectivity index (χ2v) is 14.0. The van der Waals surface area contributed by atoms with Crippen LogP contribution in [0.3, 0.4) is 0 Å². The van der Waals surface area contributed by atoms with Crippen molar-refractivity contribution in [1.82, 2.24) is 18.9 Å². The molecule has 0 spiro atoms. The number of nitrogens with zero attached hydrogens (tertiary/aromatic N) is 4. The Hall–Kier alpha value is -6.30. The third-order valence-corrected chi connectivity index (χ3v) is 11.6. The molecule has 0 unspecified atom stereocenters. The quantitative estimate of drug-likeness (QED) is 0.188. The molecule has 226 valence electrons. The van der Waals surface area contributed by atoms with Gasteiger partial charge in [-0.3, -0.25) is 4.57 Å². The Kier molecular flexibility index (Phi) is 4.83. The zero-order valence-corrected chi connectivity index (χ0v) is 26.9. The SMILES string of the molecule is c1ccc(-c2nc(-n3c4ccccc4c4c5c6ccccc6n6c7c8ccccc8ccc7c(cc43)c56)nc3c2sc2ccccc23)cc1. The molecule has 4 nitrogen and oxygen atoms in total. The molecule has 0 amide bonds. The lowest BCUT2D eigenvalue weighted by atomic mass is 10.0. The van der Waals surface area contributed by atoms with Crippen molar-refractivity contribution in [2.75, 3.05) is 0 Å². The first kappa shape index (κ1) is 25.7. The van der Waals surface area contributed by atoms with Crippen LogP contribution in [0.15, 0.2) is 146 Å². The van der Waals surface area contributed by atoms with E-state index in [1.54, 1.807) is 11.3 Å². The van der Waals surface area contributed by atoms with E-state index < -0.39 is 0 Å². The van der Waals surface area contributed by atoms with Gasteiger partial charge in [-0.25, -0.2) is 9.97 Å². The molecule has 0 aliphatic rings. The Morgan fingerprint density at radius 1 is 0.469 bits per heavy atom. The van der Waals surface area contributed by atoms with Gasteiger partial charge in [-0.1, -0.05) is 121 Å². The number of benzene rings is 7. The Morgan fingerprint density at radius 3 is 2.02 bits per heavy atom. The molecule has 49 heavy (non-hydrogen) atoms.